The Morgan fingerprint density at radius 1 is 0.800 bits per heavy atom. The van der Waals surface area contributed by atoms with Crippen LogP contribution >= 0.6 is 22.6 Å². The highest BCUT2D eigenvalue weighted by molar-refractivity contribution is 14.1. The molecule has 0 aromatic heterocycles. The van der Waals surface area contributed by atoms with E-state index in [2.05, 4.69) is 29.5 Å². The first-order valence-electron chi connectivity index (χ1n) is 8.24. The number of halogens is 1. The van der Waals surface area contributed by atoms with Crippen LogP contribution in [0.15, 0.2) is 0 Å². The summed E-state index contributed by atoms with van der Waals surface area (Å²) in [5.74, 6) is 0. The average Bonchev–Trinajstić information content (AvgIpc) is 2.46. The third-order valence-electron chi connectivity index (χ3n) is 3.76. The zero-order valence-electron chi connectivity index (χ0n) is 12.9. The van der Waals surface area contributed by atoms with Crippen molar-refractivity contribution in [3.8, 4) is 0 Å². The molecule has 3 nitrogen and oxygen atoms in total. The fraction of sp³-hybridized carbons (Fsp3) is 1.00. The lowest BCUT2D eigenvalue weighted by molar-refractivity contribution is 0.0131. The minimum atomic E-state index is -0.660. The third-order valence-corrected chi connectivity index (χ3v) is 5.12. The van der Waals surface area contributed by atoms with Crippen LogP contribution in [-0.2, 0) is 0 Å². The summed E-state index contributed by atoms with van der Waals surface area (Å²) in [5, 5.41) is 28.7. The van der Waals surface area contributed by atoms with Crippen molar-refractivity contribution in [2.45, 2.75) is 93.7 Å². The Morgan fingerprint density at radius 2 is 1.35 bits per heavy atom. The van der Waals surface area contributed by atoms with Crippen molar-refractivity contribution in [1.29, 1.82) is 0 Å². The van der Waals surface area contributed by atoms with Gasteiger partial charge in [0.15, 0.2) is 0 Å². The molecule has 0 saturated heterocycles. The molecule has 0 radical (unpaired) electrons. The molecule has 0 bridgehead atoms. The van der Waals surface area contributed by atoms with Gasteiger partial charge in [-0.3, -0.25) is 0 Å². The van der Waals surface area contributed by atoms with Gasteiger partial charge in [-0.25, -0.2) is 0 Å². The number of aliphatic hydroxyl groups excluding tert-OH is 3. The Morgan fingerprint density at radius 3 is 1.90 bits per heavy atom. The van der Waals surface area contributed by atoms with E-state index in [0.717, 1.165) is 19.3 Å². The minimum absolute atomic E-state index is 0.0313. The summed E-state index contributed by atoms with van der Waals surface area (Å²) in [6.45, 7) is 2.38. The predicted molar refractivity (Wildman–Crippen MR) is 93.4 cm³/mol. The summed E-state index contributed by atoms with van der Waals surface area (Å²) in [5.41, 5.74) is 0. The summed E-state index contributed by atoms with van der Waals surface area (Å²) in [6.07, 6.45) is 10.9. The molecule has 0 aromatic rings. The lowest BCUT2D eigenvalue weighted by Crippen LogP contribution is -2.34. The highest BCUT2D eigenvalue weighted by Crippen LogP contribution is 2.19. The van der Waals surface area contributed by atoms with Gasteiger partial charge in [-0.1, -0.05) is 80.9 Å². The first kappa shape index (κ1) is 20.6. The quantitative estimate of drug-likeness (QED) is 0.236. The van der Waals surface area contributed by atoms with Gasteiger partial charge in [0.2, 0.25) is 0 Å². The van der Waals surface area contributed by atoms with Crippen LogP contribution in [0.4, 0.5) is 0 Å². The van der Waals surface area contributed by atoms with E-state index in [4.69, 9.17) is 5.11 Å². The van der Waals surface area contributed by atoms with Gasteiger partial charge in [0, 0.05) is 10.5 Å². The lowest BCUT2D eigenvalue weighted by atomic mass is 10.0. The summed E-state index contributed by atoms with van der Waals surface area (Å²) >= 11 is 2.17. The van der Waals surface area contributed by atoms with Gasteiger partial charge < -0.3 is 15.3 Å². The molecule has 0 fully saturated rings. The molecule has 0 unspecified atom stereocenters. The molecule has 3 N–H and O–H groups in total. The molecule has 0 aliphatic rings. The average molecular weight is 400 g/mol. The molecule has 0 heterocycles. The SMILES string of the molecule is CCCCCCCCCC[C@H](O)[C@H](O)[C@H](I)CCCO. The number of aliphatic hydroxyl groups is 3. The van der Waals surface area contributed by atoms with Gasteiger partial charge in [0.05, 0.1) is 12.2 Å². The normalized spacial score (nSPS) is 16.1. The molecule has 0 amide bonds. The molecule has 0 aliphatic heterocycles. The van der Waals surface area contributed by atoms with E-state index in [1.807, 2.05) is 0 Å². The van der Waals surface area contributed by atoms with Crippen molar-refractivity contribution in [2.75, 3.05) is 6.61 Å². The number of unbranched alkanes of at least 4 members (excludes halogenated alkanes) is 7. The third kappa shape index (κ3) is 11.3. The molecule has 3 atom stereocenters. The zero-order chi connectivity index (χ0) is 15.2. The Bertz CT molecular complexity index is 202. The predicted octanol–water partition coefficient (Wildman–Crippen LogP) is 3.82. The highest BCUT2D eigenvalue weighted by Gasteiger charge is 2.23. The van der Waals surface area contributed by atoms with E-state index in [0.29, 0.717) is 12.8 Å². The summed E-state index contributed by atoms with van der Waals surface area (Å²) < 4.78 is 0.0313. The van der Waals surface area contributed by atoms with E-state index < -0.39 is 12.2 Å². The molecular weight excluding hydrogens is 367 g/mol. The maximum Gasteiger partial charge on any atom is 0.0916 e. The van der Waals surface area contributed by atoms with E-state index in [9.17, 15) is 10.2 Å². The smallest absolute Gasteiger partial charge is 0.0916 e. The van der Waals surface area contributed by atoms with Crippen LogP contribution in [0.1, 0.15) is 77.6 Å². The molecular formula is C16H33IO3. The van der Waals surface area contributed by atoms with Crippen molar-refractivity contribution < 1.29 is 15.3 Å². The largest absolute Gasteiger partial charge is 0.396 e. The van der Waals surface area contributed by atoms with Gasteiger partial charge in [-0.05, 0) is 19.3 Å². The minimum Gasteiger partial charge on any atom is -0.396 e. The molecule has 4 heteroatoms. The maximum absolute atomic E-state index is 9.97. The summed E-state index contributed by atoms with van der Waals surface area (Å²) in [7, 11) is 0. The Labute approximate surface area is 138 Å². The number of hydrogen-bond acceptors (Lipinski definition) is 3. The van der Waals surface area contributed by atoms with Gasteiger partial charge in [-0.2, -0.15) is 0 Å². The van der Waals surface area contributed by atoms with Crippen molar-refractivity contribution in [3.63, 3.8) is 0 Å². The van der Waals surface area contributed by atoms with Crippen LogP contribution in [-0.4, -0.2) is 38.1 Å². The Hall–Kier alpha value is 0.610. The van der Waals surface area contributed by atoms with Crippen molar-refractivity contribution >= 4 is 22.6 Å². The van der Waals surface area contributed by atoms with Crippen LogP contribution in [0, 0.1) is 0 Å². The first-order valence-corrected chi connectivity index (χ1v) is 9.49. The fourth-order valence-electron chi connectivity index (χ4n) is 2.36. The molecule has 0 aromatic carbocycles. The van der Waals surface area contributed by atoms with Crippen molar-refractivity contribution in [2.24, 2.45) is 0 Å². The van der Waals surface area contributed by atoms with Crippen LogP contribution in [0.25, 0.3) is 0 Å². The topological polar surface area (TPSA) is 60.7 Å². The van der Waals surface area contributed by atoms with Gasteiger partial charge in [-0.15, -0.1) is 0 Å². The number of hydrogen-bond donors (Lipinski definition) is 3. The van der Waals surface area contributed by atoms with Gasteiger partial charge in [0.1, 0.15) is 0 Å². The second-order valence-electron chi connectivity index (χ2n) is 5.70. The summed E-state index contributed by atoms with van der Waals surface area (Å²) in [6, 6.07) is 0. The molecule has 0 rings (SSSR count). The fourth-order valence-corrected chi connectivity index (χ4v) is 3.28. The molecule has 20 heavy (non-hydrogen) atoms. The van der Waals surface area contributed by atoms with Crippen molar-refractivity contribution in [1.82, 2.24) is 0 Å². The van der Waals surface area contributed by atoms with Crippen LogP contribution in [0.3, 0.4) is 0 Å². The Kier molecular flexibility index (Phi) is 15.0. The molecule has 122 valence electrons. The second kappa shape index (κ2) is 14.5. The number of alkyl halides is 1. The highest BCUT2D eigenvalue weighted by atomic mass is 127. The number of rotatable bonds is 14. The van der Waals surface area contributed by atoms with Crippen LogP contribution < -0.4 is 0 Å². The Balaban J connectivity index is 3.49. The lowest BCUT2D eigenvalue weighted by Gasteiger charge is -2.22. The van der Waals surface area contributed by atoms with E-state index in [1.54, 1.807) is 0 Å². The van der Waals surface area contributed by atoms with Crippen LogP contribution in [0.5, 0.6) is 0 Å². The van der Waals surface area contributed by atoms with Crippen molar-refractivity contribution in [3.05, 3.63) is 0 Å². The molecule has 0 saturated carbocycles. The molecule has 0 aliphatic carbocycles. The molecule has 0 spiro atoms. The van der Waals surface area contributed by atoms with E-state index in [-0.39, 0.29) is 10.5 Å². The second-order valence-corrected chi connectivity index (χ2v) is 7.30. The van der Waals surface area contributed by atoms with E-state index >= 15 is 0 Å². The zero-order valence-corrected chi connectivity index (χ0v) is 15.1. The van der Waals surface area contributed by atoms with Gasteiger partial charge >= 0.3 is 0 Å². The van der Waals surface area contributed by atoms with E-state index in [1.165, 1.54) is 38.5 Å². The monoisotopic (exact) mass is 400 g/mol. The van der Waals surface area contributed by atoms with Gasteiger partial charge in [0.25, 0.3) is 0 Å². The first-order chi connectivity index (χ1) is 9.63. The summed E-state index contributed by atoms with van der Waals surface area (Å²) in [4.78, 5) is 0. The standard InChI is InChI=1S/C16H33IO3/c1-2-3-4-5-6-7-8-9-12-15(19)16(20)14(17)11-10-13-18/h14-16,18-20H,2-13H2,1H3/t14-,15+,16-/m1/s1. The van der Waals surface area contributed by atoms with Crippen LogP contribution in [0.2, 0.25) is 0 Å². The maximum atomic E-state index is 9.97.